The molecule has 1 aromatic rings. The van der Waals surface area contributed by atoms with Crippen LogP contribution in [0.1, 0.15) is 31.7 Å². The summed E-state index contributed by atoms with van der Waals surface area (Å²) in [4.78, 5) is 1.95. The Morgan fingerprint density at radius 3 is 2.75 bits per heavy atom. The van der Waals surface area contributed by atoms with E-state index in [0.29, 0.717) is 18.2 Å². The predicted molar refractivity (Wildman–Crippen MR) is 80.4 cm³/mol. The first-order valence-corrected chi connectivity index (χ1v) is 7.48. The first-order valence-electron chi connectivity index (χ1n) is 7.48. The topological polar surface area (TPSA) is 35.5 Å². The molecule has 1 fully saturated rings. The van der Waals surface area contributed by atoms with E-state index in [-0.39, 0.29) is 11.9 Å². The van der Waals surface area contributed by atoms with Gasteiger partial charge in [-0.05, 0) is 49.4 Å². The average Bonchev–Trinajstić information content (AvgIpc) is 2.37. The lowest BCUT2D eigenvalue weighted by Crippen LogP contribution is -2.37. The summed E-state index contributed by atoms with van der Waals surface area (Å²) in [6, 6.07) is 5.45. The fourth-order valence-electron chi connectivity index (χ4n) is 2.71. The maximum Gasteiger partial charge on any atom is 0.146 e. The highest BCUT2D eigenvalue weighted by atomic mass is 19.1. The van der Waals surface area contributed by atoms with E-state index in [9.17, 15) is 9.50 Å². The maximum atomic E-state index is 14.1. The van der Waals surface area contributed by atoms with Crippen molar-refractivity contribution < 1.29 is 9.50 Å². The summed E-state index contributed by atoms with van der Waals surface area (Å²) in [7, 11) is 1.91. The van der Waals surface area contributed by atoms with Gasteiger partial charge < -0.3 is 15.3 Å². The monoisotopic (exact) mass is 280 g/mol. The second-order valence-corrected chi connectivity index (χ2v) is 5.83. The molecule has 112 valence electrons. The molecule has 1 saturated carbocycles. The van der Waals surface area contributed by atoms with Crippen molar-refractivity contribution >= 4 is 5.69 Å². The van der Waals surface area contributed by atoms with Crippen LogP contribution >= 0.6 is 0 Å². The molecular formula is C16H25FN2O. The molecule has 1 aliphatic carbocycles. The van der Waals surface area contributed by atoms with Crippen LogP contribution in [0.5, 0.6) is 0 Å². The summed E-state index contributed by atoms with van der Waals surface area (Å²) >= 11 is 0. The minimum Gasteiger partial charge on any atom is -0.393 e. The molecule has 0 aliphatic heterocycles. The molecule has 0 aromatic heterocycles. The smallest absolute Gasteiger partial charge is 0.146 e. The predicted octanol–water partition coefficient (Wildman–Crippen LogP) is 2.53. The van der Waals surface area contributed by atoms with Crippen molar-refractivity contribution in [3.05, 3.63) is 29.6 Å². The first-order chi connectivity index (χ1) is 9.60. The summed E-state index contributed by atoms with van der Waals surface area (Å²) in [5, 5.41) is 12.6. The lowest BCUT2D eigenvalue weighted by molar-refractivity contribution is 0.0464. The molecule has 0 atom stereocenters. The SMILES string of the molecule is CCCNCc1ccc(N(C)CC2CC(O)C2)c(F)c1. The number of nitrogens with zero attached hydrogens (tertiary/aromatic N) is 1. The van der Waals surface area contributed by atoms with Crippen molar-refractivity contribution in [1.29, 1.82) is 0 Å². The number of halogens is 1. The molecule has 1 aromatic carbocycles. The van der Waals surface area contributed by atoms with Gasteiger partial charge in [-0.2, -0.15) is 0 Å². The van der Waals surface area contributed by atoms with Gasteiger partial charge in [0.2, 0.25) is 0 Å². The van der Waals surface area contributed by atoms with Gasteiger partial charge in [-0.3, -0.25) is 0 Å². The zero-order valence-corrected chi connectivity index (χ0v) is 12.4. The minimum atomic E-state index is -0.164. The van der Waals surface area contributed by atoms with Crippen molar-refractivity contribution in [3.63, 3.8) is 0 Å². The molecular weight excluding hydrogens is 255 g/mol. The molecule has 0 radical (unpaired) electrons. The van der Waals surface area contributed by atoms with Gasteiger partial charge in [0, 0.05) is 20.1 Å². The highest BCUT2D eigenvalue weighted by molar-refractivity contribution is 5.48. The largest absolute Gasteiger partial charge is 0.393 e. The Morgan fingerprint density at radius 2 is 2.15 bits per heavy atom. The van der Waals surface area contributed by atoms with Gasteiger partial charge in [-0.1, -0.05) is 13.0 Å². The van der Waals surface area contributed by atoms with Gasteiger partial charge in [0.05, 0.1) is 11.8 Å². The lowest BCUT2D eigenvalue weighted by atomic mass is 9.82. The summed E-state index contributed by atoms with van der Waals surface area (Å²) in [5.41, 5.74) is 1.62. The molecule has 0 spiro atoms. The van der Waals surface area contributed by atoms with Crippen LogP contribution in [0.3, 0.4) is 0 Å². The van der Waals surface area contributed by atoms with Crippen LogP contribution in [0.4, 0.5) is 10.1 Å². The molecule has 0 unspecified atom stereocenters. The molecule has 0 amide bonds. The molecule has 2 rings (SSSR count). The third kappa shape index (κ3) is 3.93. The maximum absolute atomic E-state index is 14.1. The Labute approximate surface area is 120 Å². The van der Waals surface area contributed by atoms with Crippen LogP contribution in [0, 0.1) is 11.7 Å². The normalized spacial score (nSPS) is 21.6. The summed E-state index contributed by atoms with van der Waals surface area (Å²) in [5.74, 6) is 0.323. The van der Waals surface area contributed by atoms with Crippen LogP contribution < -0.4 is 10.2 Å². The Morgan fingerprint density at radius 1 is 1.40 bits per heavy atom. The van der Waals surface area contributed by atoms with Gasteiger partial charge in [0.15, 0.2) is 0 Å². The van der Waals surface area contributed by atoms with Crippen molar-refractivity contribution in [1.82, 2.24) is 5.32 Å². The van der Waals surface area contributed by atoms with Crippen molar-refractivity contribution in [2.75, 3.05) is 25.0 Å². The highest BCUT2D eigenvalue weighted by Crippen LogP contribution is 2.29. The quantitative estimate of drug-likeness (QED) is 0.753. The van der Waals surface area contributed by atoms with Crippen LogP contribution in [0.25, 0.3) is 0 Å². The van der Waals surface area contributed by atoms with E-state index in [0.717, 1.165) is 37.9 Å². The molecule has 2 N–H and O–H groups in total. The fraction of sp³-hybridized carbons (Fsp3) is 0.625. The van der Waals surface area contributed by atoms with E-state index in [1.165, 1.54) is 0 Å². The molecule has 20 heavy (non-hydrogen) atoms. The van der Waals surface area contributed by atoms with E-state index in [4.69, 9.17) is 0 Å². The van der Waals surface area contributed by atoms with Gasteiger partial charge in [-0.15, -0.1) is 0 Å². The standard InChI is InChI=1S/C16H25FN2O/c1-3-6-18-10-12-4-5-16(15(17)9-12)19(2)11-13-7-14(20)8-13/h4-5,9,13-14,18,20H,3,6-8,10-11H2,1-2H3. The average molecular weight is 280 g/mol. The number of benzene rings is 1. The van der Waals surface area contributed by atoms with E-state index in [1.807, 2.05) is 24.1 Å². The van der Waals surface area contributed by atoms with Gasteiger partial charge in [0.1, 0.15) is 5.82 Å². The fourth-order valence-corrected chi connectivity index (χ4v) is 2.71. The van der Waals surface area contributed by atoms with Crippen molar-refractivity contribution in [2.45, 2.75) is 38.8 Å². The Hall–Kier alpha value is -1.13. The zero-order chi connectivity index (χ0) is 14.5. The van der Waals surface area contributed by atoms with Gasteiger partial charge >= 0.3 is 0 Å². The summed E-state index contributed by atoms with van der Waals surface area (Å²) in [6.07, 6.45) is 2.61. The molecule has 0 saturated heterocycles. The number of aliphatic hydroxyl groups excluding tert-OH is 1. The Bertz CT molecular complexity index is 432. The second-order valence-electron chi connectivity index (χ2n) is 5.83. The molecule has 1 aliphatic rings. The second kappa shape index (κ2) is 7.04. The van der Waals surface area contributed by atoms with Crippen LogP contribution in [0.15, 0.2) is 18.2 Å². The Kier molecular flexibility index (Phi) is 5.38. The number of rotatable bonds is 7. The molecule has 3 nitrogen and oxygen atoms in total. The highest BCUT2D eigenvalue weighted by Gasteiger charge is 2.28. The Balaban J connectivity index is 1.90. The lowest BCUT2D eigenvalue weighted by Gasteiger charge is -2.35. The molecule has 0 heterocycles. The van der Waals surface area contributed by atoms with Crippen LogP contribution in [0.2, 0.25) is 0 Å². The van der Waals surface area contributed by atoms with E-state index in [2.05, 4.69) is 12.2 Å². The van der Waals surface area contributed by atoms with Crippen molar-refractivity contribution in [2.24, 2.45) is 5.92 Å². The third-order valence-corrected chi connectivity index (χ3v) is 3.92. The first kappa shape index (κ1) is 15.3. The summed E-state index contributed by atoms with van der Waals surface area (Å²) in [6.45, 7) is 4.58. The number of anilines is 1. The van der Waals surface area contributed by atoms with Crippen molar-refractivity contribution in [3.8, 4) is 0 Å². The zero-order valence-electron chi connectivity index (χ0n) is 12.4. The van der Waals surface area contributed by atoms with Crippen LogP contribution in [-0.4, -0.2) is 31.3 Å². The number of hydrogen-bond donors (Lipinski definition) is 2. The molecule has 0 bridgehead atoms. The van der Waals surface area contributed by atoms with E-state index in [1.54, 1.807) is 6.07 Å². The van der Waals surface area contributed by atoms with E-state index >= 15 is 0 Å². The summed E-state index contributed by atoms with van der Waals surface area (Å²) < 4.78 is 14.1. The molecule has 4 heteroatoms. The van der Waals surface area contributed by atoms with Gasteiger partial charge in [0.25, 0.3) is 0 Å². The van der Waals surface area contributed by atoms with Gasteiger partial charge in [-0.25, -0.2) is 4.39 Å². The van der Waals surface area contributed by atoms with Crippen LogP contribution in [-0.2, 0) is 6.54 Å². The number of nitrogens with one attached hydrogen (secondary N) is 1. The number of aliphatic hydroxyl groups is 1. The van der Waals surface area contributed by atoms with E-state index < -0.39 is 0 Å². The minimum absolute atomic E-state index is 0.148. The number of hydrogen-bond acceptors (Lipinski definition) is 3. The third-order valence-electron chi connectivity index (χ3n) is 3.92.